The minimum Gasteiger partial charge on any atom is -0.383 e. The molecule has 3 aromatic heterocycles. The van der Waals surface area contributed by atoms with Crippen molar-refractivity contribution in [2.24, 2.45) is 5.92 Å². The molecule has 1 aliphatic carbocycles. The monoisotopic (exact) mass is 473 g/mol. The van der Waals surface area contributed by atoms with Gasteiger partial charge in [0.15, 0.2) is 0 Å². The lowest BCUT2D eigenvalue weighted by molar-refractivity contribution is -0.137. The summed E-state index contributed by atoms with van der Waals surface area (Å²) in [5.74, 6) is 1.01. The van der Waals surface area contributed by atoms with Crippen LogP contribution in [-0.4, -0.2) is 49.3 Å². The number of pyridine rings is 1. The third-order valence-electron chi connectivity index (χ3n) is 7.50. The molecular formula is C23H26F3N7O. The number of halogens is 3. The first-order chi connectivity index (χ1) is 16.3. The molecule has 3 aromatic rings. The lowest BCUT2D eigenvalue weighted by atomic mass is 9.78. The minimum atomic E-state index is -4.58. The highest BCUT2D eigenvalue weighted by molar-refractivity contribution is 5.63. The largest absolute Gasteiger partial charge is 0.419 e. The molecule has 2 fully saturated rings. The van der Waals surface area contributed by atoms with Gasteiger partial charge >= 0.3 is 6.18 Å². The number of nitrogens with zero attached hydrogens (tertiary/aromatic N) is 5. The number of ether oxygens (including phenoxy) is 1. The van der Waals surface area contributed by atoms with Gasteiger partial charge in [-0.2, -0.15) is 18.3 Å². The van der Waals surface area contributed by atoms with E-state index in [0.29, 0.717) is 31.3 Å². The molecule has 180 valence electrons. The fourth-order valence-electron chi connectivity index (χ4n) is 5.60. The highest BCUT2D eigenvalue weighted by atomic mass is 19.4. The van der Waals surface area contributed by atoms with Gasteiger partial charge in [-0.05, 0) is 37.3 Å². The Morgan fingerprint density at radius 3 is 2.76 bits per heavy atom. The van der Waals surface area contributed by atoms with E-state index in [1.54, 1.807) is 6.20 Å². The van der Waals surface area contributed by atoms with Crippen molar-refractivity contribution < 1.29 is 17.9 Å². The van der Waals surface area contributed by atoms with Gasteiger partial charge in [0.1, 0.15) is 17.2 Å². The molecule has 0 radical (unpaired) electrons. The van der Waals surface area contributed by atoms with Crippen LogP contribution in [-0.2, 0) is 23.1 Å². The van der Waals surface area contributed by atoms with Gasteiger partial charge in [-0.15, -0.1) is 0 Å². The Morgan fingerprint density at radius 2 is 2.06 bits per heavy atom. The van der Waals surface area contributed by atoms with Crippen molar-refractivity contribution in [2.75, 3.05) is 25.4 Å². The number of aromatic nitrogens is 5. The second kappa shape index (κ2) is 7.81. The van der Waals surface area contributed by atoms with Crippen LogP contribution in [0.15, 0.2) is 30.7 Å². The summed E-state index contributed by atoms with van der Waals surface area (Å²) in [4.78, 5) is 14.1. The number of anilines is 1. The molecule has 1 saturated heterocycles. The number of nitrogen functional groups attached to an aromatic ring is 1. The number of nitrogens with one attached hydrogen (secondary N) is 1. The van der Waals surface area contributed by atoms with Crippen molar-refractivity contribution in [1.82, 2.24) is 29.6 Å². The maximum Gasteiger partial charge on any atom is 0.419 e. The van der Waals surface area contributed by atoms with E-state index >= 15 is 0 Å². The highest BCUT2D eigenvalue weighted by Crippen LogP contribution is 2.47. The van der Waals surface area contributed by atoms with Crippen LogP contribution in [0.2, 0.25) is 0 Å². The van der Waals surface area contributed by atoms with E-state index in [1.807, 2.05) is 16.9 Å². The zero-order valence-corrected chi connectivity index (χ0v) is 18.6. The highest BCUT2D eigenvalue weighted by Gasteiger charge is 2.49. The Balaban J connectivity index is 1.32. The van der Waals surface area contributed by atoms with Crippen molar-refractivity contribution in [3.63, 3.8) is 0 Å². The zero-order chi connectivity index (χ0) is 23.5. The van der Waals surface area contributed by atoms with E-state index in [9.17, 15) is 13.2 Å². The summed E-state index contributed by atoms with van der Waals surface area (Å²) in [7, 11) is 0. The summed E-state index contributed by atoms with van der Waals surface area (Å²) in [5, 5.41) is 4.63. The molecule has 1 saturated carbocycles. The molecule has 8 nitrogen and oxygen atoms in total. The summed E-state index contributed by atoms with van der Waals surface area (Å²) in [6, 6.07) is 3.08. The topological polar surface area (TPSA) is 97.9 Å². The van der Waals surface area contributed by atoms with E-state index in [-0.39, 0.29) is 11.6 Å². The number of hydrogen-bond donors (Lipinski definition) is 2. The molecular weight excluding hydrogens is 447 g/mol. The molecule has 6 rings (SSSR count). The number of alkyl halides is 3. The van der Waals surface area contributed by atoms with E-state index in [0.717, 1.165) is 30.6 Å². The van der Waals surface area contributed by atoms with Gasteiger partial charge in [0.25, 0.3) is 0 Å². The van der Waals surface area contributed by atoms with Crippen LogP contribution in [0, 0.1) is 5.92 Å². The molecule has 2 unspecified atom stereocenters. The van der Waals surface area contributed by atoms with Crippen molar-refractivity contribution in [3.8, 4) is 11.3 Å². The number of H-pyrrole nitrogens is 1. The van der Waals surface area contributed by atoms with Crippen molar-refractivity contribution in [3.05, 3.63) is 47.8 Å². The number of nitrogens with two attached hydrogens (primary N) is 1. The van der Waals surface area contributed by atoms with Gasteiger partial charge < -0.3 is 15.5 Å². The van der Waals surface area contributed by atoms with E-state index in [4.69, 9.17) is 10.5 Å². The second-order valence-corrected chi connectivity index (χ2v) is 9.47. The van der Waals surface area contributed by atoms with Crippen LogP contribution in [0.3, 0.4) is 0 Å². The predicted octanol–water partition coefficient (Wildman–Crippen LogP) is 3.74. The summed E-state index contributed by atoms with van der Waals surface area (Å²) >= 11 is 0. The SMILES string of the molecule is Nc1ncc(-c2cc3n(n2)CCOC32CCN(C(c3ncc[nH]3)C3CCC3)C2)cc1C(F)(F)F. The molecule has 34 heavy (non-hydrogen) atoms. The standard InChI is InChI=1S/C23H26F3N7O/c24-23(25,26)16-10-15(12-30-20(16)27)17-11-18-22(34-9-8-33(18)31-17)4-7-32(13-22)19(14-2-1-3-14)21-28-5-6-29-21/h5-6,10-12,14,19H,1-4,7-9,13H2,(H2,27,30)(H,28,29). The number of imidazole rings is 1. The number of aromatic amines is 1. The van der Waals surface area contributed by atoms with Gasteiger partial charge in [0.05, 0.1) is 36.1 Å². The molecule has 11 heteroatoms. The number of likely N-dealkylation sites (tertiary alicyclic amines) is 1. The maximum absolute atomic E-state index is 13.4. The number of rotatable bonds is 4. The van der Waals surface area contributed by atoms with Gasteiger partial charge in [-0.25, -0.2) is 9.97 Å². The first-order valence-electron chi connectivity index (χ1n) is 11.6. The Morgan fingerprint density at radius 1 is 1.21 bits per heavy atom. The van der Waals surface area contributed by atoms with Crippen LogP contribution in [0.25, 0.3) is 11.3 Å². The molecule has 1 spiro atoms. The van der Waals surface area contributed by atoms with E-state index < -0.39 is 23.2 Å². The third kappa shape index (κ3) is 3.49. The molecule has 2 aliphatic heterocycles. The summed E-state index contributed by atoms with van der Waals surface area (Å²) in [6.07, 6.45) is 4.82. The Hall–Kier alpha value is -2.92. The minimum absolute atomic E-state index is 0.208. The van der Waals surface area contributed by atoms with Crippen LogP contribution in [0.5, 0.6) is 0 Å². The normalized spacial score (nSPS) is 24.3. The van der Waals surface area contributed by atoms with E-state index in [2.05, 4.69) is 25.0 Å². The fourth-order valence-corrected chi connectivity index (χ4v) is 5.60. The number of fused-ring (bicyclic) bond motifs is 2. The van der Waals surface area contributed by atoms with Crippen LogP contribution >= 0.6 is 0 Å². The van der Waals surface area contributed by atoms with Gasteiger partial charge in [-0.3, -0.25) is 9.58 Å². The number of hydrogen-bond acceptors (Lipinski definition) is 6. The molecule has 3 N–H and O–H groups in total. The Bertz CT molecular complexity index is 1190. The van der Waals surface area contributed by atoms with E-state index in [1.165, 1.54) is 25.5 Å². The van der Waals surface area contributed by atoms with Crippen molar-refractivity contribution >= 4 is 5.82 Å². The van der Waals surface area contributed by atoms with Crippen molar-refractivity contribution in [2.45, 2.75) is 50.0 Å². The smallest absolute Gasteiger partial charge is 0.383 e. The van der Waals surface area contributed by atoms with Crippen LogP contribution < -0.4 is 5.73 Å². The quantitative estimate of drug-likeness (QED) is 0.599. The lowest BCUT2D eigenvalue weighted by Crippen LogP contribution is -2.43. The summed E-state index contributed by atoms with van der Waals surface area (Å²) in [6.45, 7) is 2.60. The average molecular weight is 474 g/mol. The van der Waals surface area contributed by atoms with Gasteiger partial charge in [0.2, 0.25) is 0 Å². The van der Waals surface area contributed by atoms with Crippen LogP contribution in [0.1, 0.15) is 48.8 Å². The third-order valence-corrected chi connectivity index (χ3v) is 7.50. The second-order valence-electron chi connectivity index (χ2n) is 9.47. The average Bonchev–Trinajstić information content (AvgIpc) is 3.51. The fraction of sp³-hybridized carbons (Fsp3) is 0.522. The summed E-state index contributed by atoms with van der Waals surface area (Å²) < 4.78 is 48.4. The summed E-state index contributed by atoms with van der Waals surface area (Å²) in [5.41, 5.74) is 5.61. The van der Waals surface area contributed by atoms with Gasteiger partial charge in [-0.1, -0.05) is 6.42 Å². The Kier molecular flexibility index (Phi) is 4.96. The Labute approximate surface area is 194 Å². The predicted molar refractivity (Wildman–Crippen MR) is 117 cm³/mol. The molecule has 0 amide bonds. The molecule has 5 heterocycles. The van der Waals surface area contributed by atoms with Crippen LogP contribution in [0.4, 0.5) is 19.0 Å². The molecule has 0 bridgehead atoms. The van der Waals surface area contributed by atoms with Crippen molar-refractivity contribution in [1.29, 1.82) is 0 Å². The molecule has 3 aliphatic rings. The zero-order valence-electron chi connectivity index (χ0n) is 18.6. The molecule has 0 aromatic carbocycles. The maximum atomic E-state index is 13.4. The lowest BCUT2D eigenvalue weighted by Gasteiger charge is -2.40. The first kappa shape index (κ1) is 21.6. The first-order valence-corrected chi connectivity index (χ1v) is 11.6. The van der Waals surface area contributed by atoms with Gasteiger partial charge in [0, 0.05) is 37.2 Å². The molecule has 2 atom stereocenters.